The summed E-state index contributed by atoms with van der Waals surface area (Å²) >= 11 is 0.982. The van der Waals surface area contributed by atoms with Crippen LogP contribution in [0.5, 0.6) is 5.75 Å². The first-order chi connectivity index (χ1) is 20.2. The third kappa shape index (κ3) is 7.29. The summed E-state index contributed by atoms with van der Waals surface area (Å²) in [5.74, 6) is -0.848. The van der Waals surface area contributed by atoms with Gasteiger partial charge in [-0.05, 0) is 31.2 Å². The molecule has 222 valence electrons. The highest BCUT2D eigenvalue weighted by Gasteiger charge is 2.31. The lowest BCUT2D eigenvalue weighted by Crippen LogP contribution is -2.38. The Hall–Kier alpha value is -4.35. The molecular formula is C25H24F4N8O4S. The number of pyridine rings is 1. The zero-order valence-corrected chi connectivity index (χ0v) is 22.6. The van der Waals surface area contributed by atoms with Gasteiger partial charge in [0.05, 0.1) is 46.6 Å². The largest absolute Gasteiger partial charge is 0.416 e. The first-order valence-electron chi connectivity index (χ1n) is 12.7. The van der Waals surface area contributed by atoms with Crippen LogP contribution in [0.2, 0.25) is 0 Å². The van der Waals surface area contributed by atoms with Crippen molar-refractivity contribution in [2.45, 2.75) is 12.6 Å². The first-order valence-corrected chi connectivity index (χ1v) is 13.5. The summed E-state index contributed by atoms with van der Waals surface area (Å²) in [6.45, 7) is 4.35. The molecule has 5 rings (SSSR count). The number of halogens is 4. The number of nitrogens with zero attached hydrogens (tertiary/aromatic N) is 4. The standard InChI is InChI=1S/C25H24F4N8O4S/c26-16-3-2-14(25(27,28)29)10-17(16)34-22(38)35-23-31-13-20(42-23)18-11-19(15-12-32-36-21(15)33-18)41-24(39)30-4-1-5-37-6-8-40-9-7-37/h2-3,10-13H,1,4-9H2,(H,30,39)(H,32,33,36)(H2,31,34,35,38). The van der Waals surface area contributed by atoms with Gasteiger partial charge in [0.15, 0.2) is 10.8 Å². The van der Waals surface area contributed by atoms with E-state index in [1.807, 2.05) is 0 Å². The quantitative estimate of drug-likeness (QED) is 0.166. The number of morpholine rings is 1. The summed E-state index contributed by atoms with van der Waals surface area (Å²) in [6, 6.07) is 2.19. The number of ether oxygens (including phenoxy) is 2. The van der Waals surface area contributed by atoms with Crippen molar-refractivity contribution >= 4 is 45.3 Å². The van der Waals surface area contributed by atoms with Crippen molar-refractivity contribution in [3.63, 3.8) is 0 Å². The fourth-order valence-corrected chi connectivity index (χ4v) is 4.83. The Morgan fingerprint density at radius 3 is 2.74 bits per heavy atom. The van der Waals surface area contributed by atoms with Gasteiger partial charge in [0.1, 0.15) is 11.6 Å². The number of aromatic amines is 1. The minimum absolute atomic E-state index is 0.0573. The predicted octanol–water partition coefficient (Wildman–Crippen LogP) is 4.69. The van der Waals surface area contributed by atoms with Crippen LogP contribution in [0.4, 0.5) is 38.0 Å². The number of aromatic nitrogens is 4. The van der Waals surface area contributed by atoms with Gasteiger partial charge < -0.3 is 20.1 Å². The van der Waals surface area contributed by atoms with E-state index in [1.54, 1.807) is 0 Å². The third-order valence-corrected chi connectivity index (χ3v) is 7.07. The topological polar surface area (TPSA) is 146 Å². The monoisotopic (exact) mass is 608 g/mol. The van der Waals surface area contributed by atoms with Crippen LogP contribution in [-0.4, -0.2) is 76.6 Å². The van der Waals surface area contributed by atoms with Crippen LogP contribution in [0.15, 0.2) is 36.7 Å². The molecule has 12 nitrogen and oxygen atoms in total. The lowest BCUT2D eigenvalue weighted by Gasteiger charge is -2.26. The Kier molecular flexibility index (Phi) is 8.79. The average molecular weight is 609 g/mol. The van der Waals surface area contributed by atoms with Gasteiger partial charge in [-0.2, -0.15) is 18.3 Å². The molecule has 0 saturated carbocycles. The second-order valence-corrected chi connectivity index (χ2v) is 10.1. The van der Waals surface area contributed by atoms with Gasteiger partial charge in [0.2, 0.25) is 0 Å². The molecule has 4 aromatic rings. The molecule has 4 heterocycles. The maximum absolute atomic E-state index is 14.0. The van der Waals surface area contributed by atoms with Gasteiger partial charge >= 0.3 is 18.3 Å². The Bertz CT molecular complexity index is 1570. The van der Waals surface area contributed by atoms with Crippen LogP contribution >= 0.6 is 11.3 Å². The SMILES string of the molecule is O=C(Nc1ncc(-c2cc(OC(=O)NCCCN3CCOCC3)c3cn[nH]c3n2)s1)Nc1cc(C(F)(F)F)ccc1F. The van der Waals surface area contributed by atoms with Gasteiger partial charge in [-0.25, -0.2) is 23.9 Å². The van der Waals surface area contributed by atoms with Crippen LogP contribution in [0.3, 0.4) is 0 Å². The summed E-state index contributed by atoms with van der Waals surface area (Å²) < 4.78 is 63.7. The molecule has 4 N–H and O–H groups in total. The zero-order chi connectivity index (χ0) is 29.7. The van der Waals surface area contributed by atoms with Crippen LogP contribution in [-0.2, 0) is 10.9 Å². The summed E-state index contributed by atoms with van der Waals surface area (Å²) in [7, 11) is 0. The van der Waals surface area contributed by atoms with E-state index in [2.05, 4.69) is 41.0 Å². The fraction of sp³-hybridized carbons (Fsp3) is 0.320. The molecule has 0 radical (unpaired) electrons. The Morgan fingerprint density at radius 2 is 1.95 bits per heavy atom. The molecular weight excluding hydrogens is 584 g/mol. The second-order valence-electron chi connectivity index (χ2n) is 9.06. The molecule has 17 heteroatoms. The van der Waals surface area contributed by atoms with Crippen LogP contribution in [0.1, 0.15) is 12.0 Å². The normalized spacial score (nSPS) is 14.1. The lowest BCUT2D eigenvalue weighted by atomic mass is 10.2. The molecule has 1 aliphatic heterocycles. The molecule has 0 unspecified atom stereocenters. The molecule has 1 aromatic carbocycles. The molecule has 3 amide bonds. The molecule has 1 aliphatic rings. The van der Waals surface area contributed by atoms with E-state index >= 15 is 0 Å². The lowest BCUT2D eigenvalue weighted by molar-refractivity contribution is -0.137. The summed E-state index contributed by atoms with van der Waals surface area (Å²) in [6.07, 6.45) is -1.76. The van der Waals surface area contributed by atoms with Gasteiger partial charge in [-0.15, -0.1) is 0 Å². The maximum Gasteiger partial charge on any atom is 0.416 e. The summed E-state index contributed by atoms with van der Waals surface area (Å²) in [5.41, 5.74) is -1.08. The number of nitrogens with one attached hydrogen (secondary N) is 4. The second kappa shape index (κ2) is 12.7. The van der Waals surface area contributed by atoms with Crippen molar-refractivity contribution < 1.29 is 36.6 Å². The Balaban J connectivity index is 1.21. The fourth-order valence-electron chi connectivity index (χ4n) is 4.06. The average Bonchev–Trinajstić information content (AvgIpc) is 3.62. The number of hydrogen-bond donors (Lipinski definition) is 4. The van der Waals surface area contributed by atoms with Crippen molar-refractivity contribution in [2.24, 2.45) is 0 Å². The van der Waals surface area contributed by atoms with Crippen molar-refractivity contribution in [3.05, 3.63) is 48.0 Å². The Labute approximate surface area is 239 Å². The molecule has 1 saturated heterocycles. The highest BCUT2D eigenvalue weighted by atomic mass is 32.1. The van der Waals surface area contributed by atoms with Crippen molar-refractivity contribution in [1.82, 2.24) is 30.4 Å². The molecule has 0 spiro atoms. The van der Waals surface area contributed by atoms with E-state index in [9.17, 15) is 27.2 Å². The number of alkyl halides is 3. The van der Waals surface area contributed by atoms with Gasteiger partial charge in [-0.3, -0.25) is 15.3 Å². The number of carbonyl (C=O) groups excluding carboxylic acids is 2. The molecule has 1 fully saturated rings. The molecule has 42 heavy (non-hydrogen) atoms. The van der Waals surface area contributed by atoms with Gasteiger partial charge in [0, 0.05) is 31.9 Å². The highest BCUT2D eigenvalue weighted by molar-refractivity contribution is 7.19. The van der Waals surface area contributed by atoms with E-state index in [4.69, 9.17) is 9.47 Å². The van der Waals surface area contributed by atoms with Gasteiger partial charge in [0.25, 0.3) is 0 Å². The number of benzene rings is 1. The van der Waals surface area contributed by atoms with E-state index in [0.717, 1.165) is 37.4 Å². The number of hydrogen-bond acceptors (Lipinski definition) is 9. The molecule has 3 aromatic heterocycles. The molecule has 0 atom stereocenters. The summed E-state index contributed by atoms with van der Waals surface area (Å²) in [5, 5.41) is 14.3. The van der Waals surface area contributed by atoms with E-state index in [-0.39, 0.29) is 10.9 Å². The van der Waals surface area contributed by atoms with E-state index in [0.29, 0.717) is 59.6 Å². The van der Waals surface area contributed by atoms with Crippen molar-refractivity contribution in [1.29, 1.82) is 0 Å². The minimum atomic E-state index is -4.71. The van der Waals surface area contributed by atoms with Crippen LogP contribution in [0.25, 0.3) is 21.6 Å². The first kappa shape index (κ1) is 29.2. The van der Waals surface area contributed by atoms with E-state index < -0.39 is 35.4 Å². The van der Waals surface area contributed by atoms with E-state index in [1.165, 1.54) is 18.5 Å². The van der Waals surface area contributed by atoms with Crippen LogP contribution in [0, 0.1) is 5.82 Å². The smallest absolute Gasteiger partial charge is 0.409 e. The van der Waals surface area contributed by atoms with Crippen LogP contribution < -0.4 is 20.7 Å². The predicted molar refractivity (Wildman–Crippen MR) is 145 cm³/mol. The Morgan fingerprint density at radius 1 is 1.14 bits per heavy atom. The number of thiazole rings is 1. The number of anilines is 2. The summed E-state index contributed by atoms with van der Waals surface area (Å²) in [4.78, 5) is 36.1. The third-order valence-electron chi connectivity index (χ3n) is 6.13. The number of amides is 3. The minimum Gasteiger partial charge on any atom is -0.409 e. The number of H-pyrrole nitrogens is 1. The van der Waals surface area contributed by atoms with Crippen molar-refractivity contribution in [2.75, 3.05) is 50.0 Å². The molecule has 0 aliphatic carbocycles. The maximum atomic E-state index is 14.0. The zero-order valence-electron chi connectivity index (χ0n) is 21.8. The number of urea groups is 1. The number of carbonyl (C=O) groups is 2. The van der Waals surface area contributed by atoms with Crippen molar-refractivity contribution in [3.8, 4) is 16.3 Å². The number of rotatable bonds is 8. The van der Waals surface area contributed by atoms with Gasteiger partial charge in [-0.1, -0.05) is 11.3 Å². The molecule has 0 bridgehead atoms. The highest BCUT2D eigenvalue weighted by Crippen LogP contribution is 2.34. The number of fused-ring (bicyclic) bond motifs is 1.